The van der Waals surface area contributed by atoms with Gasteiger partial charge in [-0.1, -0.05) is 53.5 Å². The lowest BCUT2D eigenvalue weighted by Crippen LogP contribution is -2.42. The number of amides is 1. The first-order valence-electron chi connectivity index (χ1n) is 10.3. The molecule has 2 heterocycles. The number of oxime groups is 1. The van der Waals surface area contributed by atoms with Crippen molar-refractivity contribution >= 4 is 46.2 Å². The van der Waals surface area contributed by atoms with Gasteiger partial charge in [0.25, 0.3) is 5.60 Å². The summed E-state index contributed by atoms with van der Waals surface area (Å²) in [5.74, 6) is -0.0927. The number of hydrogen-bond acceptors (Lipinski definition) is 4. The number of benzene rings is 2. The zero-order chi connectivity index (χ0) is 24.5. The van der Waals surface area contributed by atoms with E-state index in [1.165, 1.54) is 29.5 Å². The number of thiophene rings is 1. The third kappa shape index (κ3) is 4.80. The third-order valence-corrected chi connectivity index (χ3v) is 6.88. The zero-order valence-corrected chi connectivity index (χ0v) is 20.2. The summed E-state index contributed by atoms with van der Waals surface area (Å²) in [4.78, 5) is 17.8. The molecule has 4 rings (SSSR count). The summed E-state index contributed by atoms with van der Waals surface area (Å²) in [7, 11) is 0. The minimum absolute atomic E-state index is 0.0710. The van der Waals surface area contributed by atoms with E-state index in [0.29, 0.717) is 18.5 Å². The van der Waals surface area contributed by atoms with Crippen molar-refractivity contribution in [3.8, 4) is 10.4 Å². The van der Waals surface area contributed by atoms with Gasteiger partial charge in [0.05, 0.1) is 5.71 Å². The molecule has 1 atom stereocenters. The number of hydrogen-bond donors (Lipinski definition) is 1. The predicted octanol–water partition coefficient (Wildman–Crippen LogP) is 7.33. The van der Waals surface area contributed by atoms with E-state index in [9.17, 15) is 18.0 Å². The number of halogens is 5. The summed E-state index contributed by atoms with van der Waals surface area (Å²) in [6, 6.07) is 12.8. The number of rotatable bonds is 6. The average Bonchev–Trinajstić information content (AvgIpc) is 3.47. The molecule has 0 bridgehead atoms. The molecule has 2 aromatic carbocycles. The van der Waals surface area contributed by atoms with Crippen LogP contribution in [-0.4, -0.2) is 17.8 Å². The van der Waals surface area contributed by atoms with Crippen molar-refractivity contribution in [3.63, 3.8) is 0 Å². The molecule has 34 heavy (non-hydrogen) atoms. The minimum Gasteiger partial charge on any atom is -0.374 e. The molecular weight excluding hydrogens is 508 g/mol. The van der Waals surface area contributed by atoms with Crippen LogP contribution in [-0.2, 0) is 21.8 Å². The maximum absolute atomic E-state index is 14.3. The molecule has 0 fully saturated rings. The molecule has 10 heteroatoms. The van der Waals surface area contributed by atoms with E-state index in [4.69, 9.17) is 28.0 Å². The van der Waals surface area contributed by atoms with Gasteiger partial charge in [-0.15, -0.1) is 11.3 Å². The van der Waals surface area contributed by atoms with E-state index in [0.717, 1.165) is 16.0 Å². The quantitative estimate of drug-likeness (QED) is 0.365. The van der Waals surface area contributed by atoms with Gasteiger partial charge >= 0.3 is 6.18 Å². The summed E-state index contributed by atoms with van der Waals surface area (Å²) in [5.41, 5.74) is -0.622. The van der Waals surface area contributed by atoms with Gasteiger partial charge in [-0.2, -0.15) is 13.2 Å². The van der Waals surface area contributed by atoms with Crippen molar-refractivity contribution in [2.75, 3.05) is 0 Å². The Morgan fingerprint density at radius 2 is 1.91 bits per heavy atom. The fourth-order valence-electron chi connectivity index (χ4n) is 3.74. The summed E-state index contributed by atoms with van der Waals surface area (Å²) in [6.45, 7) is 2.06. The Kier molecular flexibility index (Phi) is 6.94. The van der Waals surface area contributed by atoms with E-state index in [2.05, 4.69) is 10.5 Å². The van der Waals surface area contributed by atoms with Gasteiger partial charge in [0.1, 0.15) is 0 Å². The van der Waals surface area contributed by atoms with E-state index >= 15 is 0 Å². The van der Waals surface area contributed by atoms with Gasteiger partial charge in [0.2, 0.25) is 5.91 Å². The third-order valence-electron chi connectivity index (χ3n) is 5.54. The van der Waals surface area contributed by atoms with Crippen LogP contribution >= 0.6 is 34.5 Å². The second-order valence-corrected chi connectivity index (χ2v) is 9.59. The summed E-state index contributed by atoms with van der Waals surface area (Å²) < 4.78 is 42.9. The molecule has 0 radical (unpaired) electrons. The summed E-state index contributed by atoms with van der Waals surface area (Å²) in [6.07, 6.45) is -4.95. The first-order chi connectivity index (χ1) is 16.1. The van der Waals surface area contributed by atoms with E-state index < -0.39 is 18.2 Å². The van der Waals surface area contributed by atoms with Crippen LogP contribution < -0.4 is 5.32 Å². The topological polar surface area (TPSA) is 50.7 Å². The first-order valence-corrected chi connectivity index (χ1v) is 12.0. The smallest absolute Gasteiger partial charge is 0.374 e. The molecule has 1 aromatic heterocycles. The second-order valence-electron chi connectivity index (χ2n) is 7.77. The summed E-state index contributed by atoms with van der Waals surface area (Å²) >= 11 is 13.4. The van der Waals surface area contributed by atoms with E-state index in [1.54, 1.807) is 25.1 Å². The van der Waals surface area contributed by atoms with Crippen LogP contribution in [0.5, 0.6) is 0 Å². The normalized spacial score (nSPS) is 17.9. The lowest BCUT2D eigenvalue weighted by Gasteiger charge is -2.29. The molecule has 1 amide bonds. The molecule has 4 nitrogen and oxygen atoms in total. The van der Waals surface area contributed by atoms with Gasteiger partial charge in [0.15, 0.2) is 0 Å². The monoisotopic (exact) mass is 526 g/mol. The Hall–Kier alpha value is -2.55. The van der Waals surface area contributed by atoms with Gasteiger partial charge in [0, 0.05) is 45.4 Å². The highest BCUT2D eigenvalue weighted by Crippen LogP contribution is 2.50. The lowest BCUT2D eigenvalue weighted by atomic mass is 9.86. The van der Waals surface area contributed by atoms with E-state index in [1.807, 2.05) is 17.5 Å². The molecule has 0 saturated heterocycles. The SMILES string of the molecule is CCC(=O)NCc1ccc(C2=NOC(c3cc(Cl)cc(Cl)c3)(C(F)(F)F)C2)cc1-c1cccs1. The van der Waals surface area contributed by atoms with Crippen LogP contribution in [0.4, 0.5) is 13.2 Å². The molecule has 0 aliphatic carbocycles. The fraction of sp³-hybridized carbons (Fsp3) is 0.250. The Balaban J connectivity index is 1.71. The van der Waals surface area contributed by atoms with Crippen LogP contribution in [0, 0.1) is 0 Å². The molecule has 1 aliphatic heterocycles. The zero-order valence-electron chi connectivity index (χ0n) is 17.9. The number of nitrogens with zero attached hydrogens (tertiary/aromatic N) is 1. The van der Waals surface area contributed by atoms with Gasteiger partial charge in [-0.05, 0) is 46.8 Å². The van der Waals surface area contributed by atoms with Crippen molar-refractivity contribution in [3.05, 3.63) is 80.6 Å². The van der Waals surface area contributed by atoms with Crippen LogP contribution in [0.15, 0.2) is 59.1 Å². The first kappa shape index (κ1) is 24.6. The number of nitrogens with one attached hydrogen (secondary N) is 1. The van der Waals surface area contributed by atoms with Crippen molar-refractivity contribution in [1.29, 1.82) is 0 Å². The molecule has 1 aliphatic rings. The maximum Gasteiger partial charge on any atom is 0.435 e. The molecule has 0 saturated carbocycles. The number of alkyl halides is 3. The van der Waals surface area contributed by atoms with E-state index in [-0.39, 0.29) is 27.2 Å². The molecular formula is C24H19Cl2F3N2O2S. The standard InChI is InChI=1S/C24H19Cl2F3N2O2S/c1-2-22(32)30-13-15-6-5-14(8-19(15)21-4-3-7-34-21)20-12-23(33-31-20,24(27,28)29)16-9-17(25)11-18(26)10-16/h3-11H,2,12-13H2,1H3,(H,30,32). The average molecular weight is 527 g/mol. The highest BCUT2D eigenvalue weighted by atomic mass is 35.5. The molecule has 3 aromatic rings. The highest BCUT2D eigenvalue weighted by molar-refractivity contribution is 7.13. The van der Waals surface area contributed by atoms with Crippen LogP contribution in [0.2, 0.25) is 10.0 Å². The van der Waals surface area contributed by atoms with Gasteiger partial charge in [-0.3, -0.25) is 4.79 Å². The molecule has 1 unspecified atom stereocenters. The van der Waals surface area contributed by atoms with Gasteiger partial charge in [-0.25, -0.2) is 0 Å². The Morgan fingerprint density at radius 1 is 1.18 bits per heavy atom. The highest BCUT2D eigenvalue weighted by Gasteiger charge is 2.62. The Bertz CT molecular complexity index is 1230. The second kappa shape index (κ2) is 9.60. The molecule has 178 valence electrons. The Labute approximate surface area is 208 Å². The largest absolute Gasteiger partial charge is 0.435 e. The van der Waals surface area contributed by atoms with Crippen LogP contribution in [0.25, 0.3) is 10.4 Å². The molecule has 0 spiro atoms. The van der Waals surface area contributed by atoms with Crippen molar-refractivity contribution in [2.45, 2.75) is 38.1 Å². The fourth-order valence-corrected chi connectivity index (χ4v) is 5.04. The lowest BCUT2D eigenvalue weighted by molar-refractivity contribution is -0.275. The van der Waals surface area contributed by atoms with Crippen LogP contribution in [0.1, 0.15) is 36.5 Å². The van der Waals surface area contributed by atoms with Crippen molar-refractivity contribution < 1.29 is 22.8 Å². The molecule has 1 N–H and O–H groups in total. The van der Waals surface area contributed by atoms with Gasteiger partial charge < -0.3 is 10.2 Å². The number of carbonyl (C=O) groups is 1. The van der Waals surface area contributed by atoms with Crippen LogP contribution in [0.3, 0.4) is 0 Å². The summed E-state index contributed by atoms with van der Waals surface area (Å²) in [5, 5.41) is 8.74. The number of carbonyl (C=O) groups excluding carboxylic acids is 1. The minimum atomic E-state index is -4.77. The van der Waals surface area contributed by atoms with Crippen molar-refractivity contribution in [1.82, 2.24) is 5.32 Å². The Morgan fingerprint density at radius 3 is 2.53 bits per heavy atom. The van der Waals surface area contributed by atoms with Crippen molar-refractivity contribution in [2.24, 2.45) is 5.16 Å². The predicted molar refractivity (Wildman–Crippen MR) is 128 cm³/mol. The maximum atomic E-state index is 14.3.